The van der Waals surface area contributed by atoms with Crippen molar-refractivity contribution in [2.24, 2.45) is 0 Å². The van der Waals surface area contributed by atoms with Crippen LogP contribution in [-0.2, 0) is 0 Å². The third-order valence-electron chi connectivity index (χ3n) is 2.18. The van der Waals surface area contributed by atoms with Crippen molar-refractivity contribution in [3.05, 3.63) is 54.5 Å². The lowest BCUT2D eigenvalue weighted by Crippen LogP contribution is -2.27. The second-order valence-electron chi connectivity index (χ2n) is 3.43. The molecule has 0 radical (unpaired) electrons. The van der Waals surface area contributed by atoms with Gasteiger partial charge in [0.15, 0.2) is 0 Å². The maximum absolute atomic E-state index is 11.5. The summed E-state index contributed by atoms with van der Waals surface area (Å²) in [6, 6.07) is 11.1. The van der Waals surface area contributed by atoms with E-state index in [0.717, 1.165) is 5.75 Å². The fourth-order valence-corrected chi connectivity index (χ4v) is 1.35. The first kappa shape index (κ1) is 11.3. The molecule has 2 aromatic rings. The molecule has 0 saturated carbocycles. The van der Waals surface area contributed by atoms with Crippen LogP contribution in [-0.4, -0.2) is 19.1 Å². The Kier molecular flexibility index (Phi) is 3.81. The average Bonchev–Trinajstić information content (AvgIpc) is 2.89. The molecule has 1 heterocycles. The van der Waals surface area contributed by atoms with Crippen molar-refractivity contribution in [2.75, 3.05) is 13.2 Å². The number of hydrogen-bond donors (Lipinski definition) is 1. The molecular formula is C13H13NO3. The molecule has 0 bridgehead atoms. The predicted octanol–water partition coefficient (Wildman–Crippen LogP) is 2.09. The fourth-order valence-electron chi connectivity index (χ4n) is 1.35. The topological polar surface area (TPSA) is 51.5 Å². The Bertz CT molecular complexity index is 451. The Morgan fingerprint density at radius 3 is 2.76 bits per heavy atom. The summed E-state index contributed by atoms with van der Waals surface area (Å²) < 4.78 is 10.3. The number of carbonyl (C=O) groups excluding carboxylic acids is 1. The van der Waals surface area contributed by atoms with E-state index in [9.17, 15) is 4.79 Å². The SMILES string of the molecule is O=C(NCCOc1ccccc1)c1ccoc1. The molecule has 0 unspecified atom stereocenters. The maximum Gasteiger partial charge on any atom is 0.254 e. The maximum atomic E-state index is 11.5. The number of amides is 1. The predicted molar refractivity (Wildman–Crippen MR) is 63.0 cm³/mol. The Morgan fingerprint density at radius 2 is 2.06 bits per heavy atom. The average molecular weight is 231 g/mol. The van der Waals surface area contributed by atoms with Crippen LogP contribution in [0.3, 0.4) is 0 Å². The molecule has 4 nitrogen and oxygen atoms in total. The Labute approximate surface area is 99.2 Å². The highest BCUT2D eigenvalue weighted by Crippen LogP contribution is 2.07. The molecule has 0 aliphatic rings. The number of ether oxygens (including phenoxy) is 1. The number of carbonyl (C=O) groups is 1. The minimum absolute atomic E-state index is 0.157. The summed E-state index contributed by atoms with van der Waals surface area (Å²) in [5.41, 5.74) is 0.518. The molecule has 1 aromatic carbocycles. The van der Waals surface area contributed by atoms with Crippen LogP contribution in [0.1, 0.15) is 10.4 Å². The van der Waals surface area contributed by atoms with E-state index in [2.05, 4.69) is 5.32 Å². The van der Waals surface area contributed by atoms with Crippen molar-refractivity contribution in [1.82, 2.24) is 5.32 Å². The van der Waals surface area contributed by atoms with Gasteiger partial charge in [0.05, 0.1) is 18.4 Å². The van der Waals surface area contributed by atoms with E-state index < -0.39 is 0 Å². The van der Waals surface area contributed by atoms with E-state index in [1.54, 1.807) is 6.07 Å². The van der Waals surface area contributed by atoms with Gasteiger partial charge in [-0.05, 0) is 18.2 Å². The van der Waals surface area contributed by atoms with Crippen molar-refractivity contribution in [3.63, 3.8) is 0 Å². The smallest absolute Gasteiger partial charge is 0.254 e. The molecule has 2 rings (SSSR count). The largest absolute Gasteiger partial charge is 0.492 e. The number of hydrogen-bond acceptors (Lipinski definition) is 3. The zero-order valence-electron chi connectivity index (χ0n) is 9.26. The molecule has 17 heavy (non-hydrogen) atoms. The lowest BCUT2D eigenvalue weighted by atomic mass is 10.3. The van der Waals surface area contributed by atoms with Crippen molar-refractivity contribution in [3.8, 4) is 5.75 Å². The highest BCUT2D eigenvalue weighted by atomic mass is 16.5. The summed E-state index contributed by atoms with van der Waals surface area (Å²) >= 11 is 0. The Morgan fingerprint density at radius 1 is 1.24 bits per heavy atom. The molecule has 0 fully saturated rings. The van der Waals surface area contributed by atoms with E-state index in [1.807, 2.05) is 30.3 Å². The number of benzene rings is 1. The number of nitrogens with one attached hydrogen (secondary N) is 1. The van der Waals surface area contributed by atoms with Crippen LogP contribution in [0.4, 0.5) is 0 Å². The minimum Gasteiger partial charge on any atom is -0.492 e. The van der Waals surface area contributed by atoms with E-state index in [4.69, 9.17) is 9.15 Å². The Balaban J connectivity index is 1.69. The van der Waals surface area contributed by atoms with E-state index >= 15 is 0 Å². The van der Waals surface area contributed by atoms with Gasteiger partial charge in [0, 0.05) is 0 Å². The fraction of sp³-hybridized carbons (Fsp3) is 0.154. The van der Waals surface area contributed by atoms with Gasteiger partial charge < -0.3 is 14.5 Å². The summed E-state index contributed by atoms with van der Waals surface area (Å²) in [5.74, 6) is 0.639. The summed E-state index contributed by atoms with van der Waals surface area (Å²) in [6.45, 7) is 0.895. The van der Waals surface area contributed by atoms with Crippen molar-refractivity contribution >= 4 is 5.91 Å². The number of furan rings is 1. The van der Waals surface area contributed by atoms with Gasteiger partial charge in [-0.15, -0.1) is 0 Å². The standard InChI is InChI=1S/C13H13NO3/c15-13(11-6-8-16-10-11)14-7-9-17-12-4-2-1-3-5-12/h1-6,8,10H,7,9H2,(H,14,15). The third-order valence-corrected chi connectivity index (χ3v) is 2.18. The quantitative estimate of drug-likeness (QED) is 0.801. The molecule has 0 aliphatic carbocycles. The molecular weight excluding hydrogens is 218 g/mol. The first-order valence-corrected chi connectivity index (χ1v) is 5.34. The zero-order valence-corrected chi connectivity index (χ0v) is 9.26. The molecule has 1 aromatic heterocycles. The van der Waals surface area contributed by atoms with Crippen LogP contribution in [0, 0.1) is 0 Å². The lowest BCUT2D eigenvalue weighted by molar-refractivity contribution is 0.0946. The van der Waals surface area contributed by atoms with Gasteiger partial charge in [0.2, 0.25) is 0 Å². The van der Waals surface area contributed by atoms with Crippen LogP contribution in [0.25, 0.3) is 0 Å². The minimum atomic E-state index is -0.157. The zero-order chi connectivity index (χ0) is 11.9. The van der Waals surface area contributed by atoms with Gasteiger partial charge >= 0.3 is 0 Å². The number of rotatable bonds is 5. The van der Waals surface area contributed by atoms with E-state index in [0.29, 0.717) is 18.7 Å². The highest BCUT2D eigenvalue weighted by molar-refractivity contribution is 5.93. The second kappa shape index (κ2) is 5.75. The summed E-state index contributed by atoms with van der Waals surface area (Å²) in [5, 5.41) is 2.73. The van der Waals surface area contributed by atoms with Crippen molar-refractivity contribution in [2.45, 2.75) is 0 Å². The normalized spacial score (nSPS) is 9.88. The highest BCUT2D eigenvalue weighted by Gasteiger charge is 2.05. The molecule has 0 aliphatic heterocycles. The van der Waals surface area contributed by atoms with Gasteiger partial charge in [0.1, 0.15) is 18.6 Å². The molecule has 0 atom stereocenters. The number of para-hydroxylation sites is 1. The van der Waals surface area contributed by atoms with Crippen molar-refractivity contribution < 1.29 is 13.9 Å². The summed E-state index contributed by atoms with van der Waals surface area (Å²) in [6.07, 6.45) is 2.88. The monoisotopic (exact) mass is 231 g/mol. The molecule has 0 spiro atoms. The van der Waals surface area contributed by atoms with Crippen LogP contribution in [0.15, 0.2) is 53.3 Å². The van der Waals surface area contributed by atoms with Crippen LogP contribution in [0.5, 0.6) is 5.75 Å². The van der Waals surface area contributed by atoms with Gasteiger partial charge in [-0.1, -0.05) is 18.2 Å². The molecule has 1 amide bonds. The van der Waals surface area contributed by atoms with Gasteiger partial charge in [-0.25, -0.2) is 0 Å². The van der Waals surface area contributed by atoms with Gasteiger partial charge in [-0.2, -0.15) is 0 Å². The van der Waals surface area contributed by atoms with Gasteiger partial charge in [0.25, 0.3) is 5.91 Å². The second-order valence-corrected chi connectivity index (χ2v) is 3.43. The van der Waals surface area contributed by atoms with E-state index in [1.165, 1.54) is 12.5 Å². The van der Waals surface area contributed by atoms with Gasteiger partial charge in [-0.3, -0.25) is 4.79 Å². The molecule has 88 valence electrons. The van der Waals surface area contributed by atoms with Crippen LogP contribution < -0.4 is 10.1 Å². The van der Waals surface area contributed by atoms with Crippen LogP contribution in [0.2, 0.25) is 0 Å². The molecule has 0 saturated heterocycles. The van der Waals surface area contributed by atoms with Crippen molar-refractivity contribution in [1.29, 1.82) is 0 Å². The third kappa shape index (κ3) is 3.38. The molecule has 1 N–H and O–H groups in total. The lowest BCUT2D eigenvalue weighted by Gasteiger charge is -2.06. The summed E-state index contributed by atoms with van der Waals surface area (Å²) in [4.78, 5) is 11.5. The Hall–Kier alpha value is -2.23. The molecule has 4 heteroatoms. The first-order chi connectivity index (χ1) is 8.36. The van der Waals surface area contributed by atoms with E-state index in [-0.39, 0.29) is 5.91 Å². The van der Waals surface area contributed by atoms with Crippen LogP contribution >= 0.6 is 0 Å². The summed E-state index contributed by atoms with van der Waals surface area (Å²) in [7, 11) is 0. The first-order valence-electron chi connectivity index (χ1n) is 5.34.